The molecule has 2 aromatic carbocycles. The molecular weight excluding hydrogens is 262 g/mol. The van der Waals surface area contributed by atoms with E-state index in [9.17, 15) is 0 Å². The van der Waals surface area contributed by atoms with E-state index in [2.05, 4.69) is 35.3 Å². The van der Waals surface area contributed by atoms with Gasteiger partial charge in [-0.05, 0) is 29.7 Å². The highest BCUT2D eigenvalue weighted by molar-refractivity contribution is 5.94. The summed E-state index contributed by atoms with van der Waals surface area (Å²) in [5.74, 6) is 1.80. The van der Waals surface area contributed by atoms with Gasteiger partial charge in [0.25, 0.3) is 0 Å². The van der Waals surface area contributed by atoms with Crippen molar-refractivity contribution in [3.05, 3.63) is 48.4 Å². The largest absolute Gasteiger partial charge is 0.339 e. The van der Waals surface area contributed by atoms with Gasteiger partial charge in [-0.25, -0.2) is 0 Å². The van der Waals surface area contributed by atoms with Crippen molar-refractivity contribution >= 4 is 10.8 Å². The lowest BCUT2D eigenvalue weighted by molar-refractivity contribution is 0.366. The van der Waals surface area contributed by atoms with Gasteiger partial charge in [-0.2, -0.15) is 4.98 Å². The number of hydrogen-bond acceptors (Lipinski definition) is 4. The van der Waals surface area contributed by atoms with Crippen molar-refractivity contribution in [2.24, 2.45) is 11.7 Å². The Morgan fingerprint density at radius 1 is 1.14 bits per heavy atom. The van der Waals surface area contributed by atoms with Gasteiger partial charge in [0.2, 0.25) is 11.7 Å². The van der Waals surface area contributed by atoms with E-state index in [0.29, 0.717) is 24.2 Å². The van der Waals surface area contributed by atoms with Crippen molar-refractivity contribution in [1.82, 2.24) is 10.1 Å². The summed E-state index contributed by atoms with van der Waals surface area (Å²) in [5.41, 5.74) is 6.64. The fourth-order valence-corrected chi connectivity index (χ4v) is 2.37. The van der Waals surface area contributed by atoms with Crippen LogP contribution >= 0.6 is 0 Å². The first-order valence-corrected chi connectivity index (χ1v) is 7.28. The first-order valence-electron chi connectivity index (χ1n) is 7.28. The van der Waals surface area contributed by atoms with Crippen LogP contribution in [-0.2, 0) is 6.42 Å². The Morgan fingerprint density at radius 2 is 1.95 bits per heavy atom. The summed E-state index contributed by atoms with van der Waals surface area (Å²) in [4.78, 5) is 4.52. The van der Waals surface area contributed by atoms with Crippen molar-refractivity contribution in [3.63, 3.8) is 0 Å². The number of aryl methyl sites for hydroxylation is 1. The Kier molecular flexibility index (Phi) is 3.97. The predicted octanol–water partition coefficient (Wildman–Crippen LogP) is 3.42. The first-order chi connectivity index (χ1) is 10.3. The van der Waals surface area contributed by atoms with Crippen LogP contribution in [0, 0.1) is 5.92 Å². The van der Waals surface area contributed by atoms with Crippen molar-refractivity contribution < 1.29 is 4.52 Å². The number of nitrogens with two attached hydrogens (primary N) is 1. The van der Waals surface area contributed by atoms with Gasteiger partial charge >= 0.3 is 0 Å². The zero-order chi connectivity index (χ0) is 14.7. The lowest BCUT2D eigenvalue weighted by atomic mass is 10.0. The molecule has 0 fully saturated rings. The zero-order valence-electron chi connectivity index (χ0n) is 12.1. The van der Waals surface area contributed by atoms with E-state index in [1.165, 1.54) is 5.39 Å². The van der Waals surface area contributed by atoms with E-state index >= 15 is 0 Å². The maximum Gasteiger partial charge on any atom is 0.226 e. The fraction of sp³-hybridized carbons (Fsp3) is 0.294. The molecule has 0 saturated heterocycles. The molecule has 4 heteroatoms. The average Bonchev–Trinajstić information content (AvgIpc) is 3.00. The minimum atomic E-state index is 0.470. The summed E-state index contributed by atoms with van der Waals surface area (Å²) < 4.78 is 5.36. The van der Waals surface area contributed by atoms with Crippen LogP contribution in [0.4, 0.5) is 0 Å². The molecule has 0 aliphatic rings. The van der Waals surface area contributed by atoms with Crippen molar-refractivity contribution in [2.45, 2.75) is 19.8 Å². The van der Waals surface area contributed by atoms with Crippen molar-refractivity contribution in [2.75, 3.05) is 6.54 Å². The molecule has 4 nitrogen and oxygen atoms in total. The van der Waals surface area contributed by atoms with Crippen LogP contribution in [0.3, 0.4) is 0 Å². The topological polar surface area (TPSA) is 64.9 Å². The molecule has 0 saturated carbocycles. The van der Waals surface area contributed by atoms with Crippen LogP contribution in [0.2, 0.25) is 0 Å². The summed E-state index contributed by atoms with van der Waals surface area (Å²) in [6.07, 6.45) is 1.74. The highest BCUT2D eigenvalue weighted by atomic mass is 16.5. The molecule has 1 heterocycles. The van der Waals surface area contributed by atoms with E-state index in [4.69, 9.17) is 10.3 Å². The molecule has 2 N–H and O–H groups in total. The minimum absolute atomic E-state index is 0.470. The number of aromatic nitrogens is 2. The average molecular weight is 281 g/mol. The van der Waals surface area contributed by atoms with Gasteiger partial charge in [-0.1, -0.05) is 54.5 Å². The fourth-order valence-electron chi connectivity index (χ4n) is 2.37. The van der Waals surface area contributed by atoms with Gasteiger partial charge in [-0.3, -0.25) is 0 Å². The quantitative estimate of drug-likeness (QED) is 0.778. The Bertz CT molecular complexity index is 730. The second-order valence-corrected chi connectivity index (χ2v) is 5.42. The molecule has 3 aromatic rings. The predicted molar refractivity (Wildman–Crippen MR) is 83.8 cm³/mol. The van der Waals surface area contributed by atoms with Crippen LogP contribution in [0.25, 0.3) is 22.2 Å². The molecule has 1 atom stereocenters. The molecule has 3 rings (SSSR count). The Balaban J connectivity index is 1.88. The second kappa shape index (κ2) is 6.06. The van der Waals surface area contributed by atoms with Gasteiger partial charge in [0.15, 0.2) is 0 Å². The van der Waals surface area contributed by atoms with Crippen LogP contribution in [0.15, 0.2) is 47.0 Å². The zero-order valence-corrected chi connectivity index (χ0v) is 12.1. The maximum absolute atomic E-state index is 5.63. The Hall–Kier alpha value is -2.20. The number of fused-ring (bicyclic) bond motifs is 1. The van der Waals surface area contributed by atoms with Gasteiger partial charge < -0.3 is 10.3 Å². The van der Waals surface area contributed by atoms with E-state index in [-0.39, 0.29) is 0 Å². The summed E-state index contributed by atoms with van der Waals surface area (Å²) in [6, 6.07) is 14.4. The van der Waals surface area contributed by atoms with Crippen LogP contribution < -0.4 is 5.73 Å². The molecule has 0 radical (unpaired) electrons. The van der Waals surface area contributed by atoms with E-state index in [1.807, 2.05) is 24.3 Å². The van der Waals surface area contributed by atoms with Gasteiger partial charge in [0.05, 0.1) is 0 Å². The molecule has 1 aromatic heterocycles. The van der Waals surface area contributed by atoms with Crippen LogP contribution in [0.1, 0.15) is 19.2 Å². The molecule has 108 valence electrons. The molecule has 0 aliphatic carbocycles. The summed E-state index contributed by atoms with van der Waals surface area (Å²) in [5, 5.41) is 6.44. The highest BCUT2D eigenvalue weighted by Gasteiger charge is 2.12. The highest BCUT2D eigenvalue weighted by Crippen LogP contribution is 2.26. The normalized spacial score (nSPS) is 12.7. The summed E-state index contributed by atoms with van der Waals surface area (Å²) in [6.45, 7) is 2.81. The first kappa shape index (κ1) is 13.8. The smallest absolute Gasteiger partial charge is 0.226 e. The lowest BCUT2D eigenvalue weighted by Gasteiger charge is -2.04. The molecule has 0 bridgehead atoms. The monoisotopic (exact) mass is 281 g/mol. The molecule has 21 heavy (non-hydrogen) atoms. The second-order valence-electron chi connectivity index (χ2n) is 5.42. The minimum Gasteiger partial charge on any atom is -0.339 e. The molecular formula is C17H19N3O. The standard InChI is InChI=1S/C17H19N3O/c1-12(11-18)9-10-16-19-17(20-21-16)15-8-4-6-13-5-2-3-7-14(13)15/h2-8,12H,9-11,18H2,1H3. The van der Waals surface area contributed by atoms with Crippen LogP contribution in [-0.4, -0.2) is 16.7 Å². The van der Waals surface area contributed by atoms with Crippen molar-refractivity contribution in [3.8, 4) is 11.4 Å². The molecule has 0 amide bonds. The Morgan fingerprint density at radius 3 is 2.81 bits per heavy atom. The Labute approximate surface area is 124 Å². The van der Waals surface area contributed by atoms with Gasteiger partial charge in [0.1, 0.15) is 0 Å². The van der Waals surface area contributed by atoms with Crippen LogP contribution in [0.5, 0.6) is 0 Å². The number of benzene rings is 2. The molecule has 0 aliphatic heterocycles. The number of nitrogens with zero attached hydrogens (tertiary/aromatic N) is 2. The van der Waals surface area contributed by atoms with E-state index < -0.39 is 0 Å². The SMILES string of the molecule is CC(CN)CCc1nc(-c2cccc3ccccc23)no1. The number of rotatable bonds is 5. The van der Waals surface area contributed by atoms with Gasteiger partial charge in [0, 0.05) is 12.0 Å². The van der Waals surface area contributed by atoms with Gasteiger partial charge in [-0.15, -0.1) is 0 Å². The maximum atomic E-state index is 5.63. The lowest BCUT2D eigenvalue weighted by Crippen LogP contribution is -2.11. The third-order valence-electron chi connectivity index (χ3n) is 3.75. The van der Waals surface area contributed by atoms with E-state index in [0.717, 1.165) is 23.8 Å². The number of hydrogen-bond donors (Lipinski definition) is 1. The molecule has 0 spiro atoms. The molecule has 1 unspecified atom stereocenters. The van der Waals surface area contributed by atoms with Crippen molar-refractivity contribution in [1.29, 1.82) is 0 Å². The third-order valence-corrected chi connectivity index (χ3v) is 3.75. The van der Waals surface area contributed by atoms with E-state index in [1.54, 1.807) is 0 Å². The summed E-state index contributed by atoms with van der Waals surface area (Å²) in [7, 11) is 0. The summed E-state index contributed by atoms with van der Waals surface area (Å²) >= 11 is 0. The third kappa shape index (κ3) is 2.95.